The zero-order valence-electron chi connectivity index (χ0n) is 12.6. The Bertz CT molecular complexity index is 555. The number of hydrogen-bond donors (Lipinski definition) is 1. The second-order valence-corrected chi connectivity index (χ2v) is 6.54. The number of methoxy groups -OCH3 is 1. The van der Waals surface area contributed by atoms with Gasteiger partial charge in [0.05, 0.1) is 18.0 Å². The molecule has 0 heterocycles. The molecule has 0 spiro atoms. The highest BCUT2D eigenvalue weighted by atomic mass is 32.2. The Kier molecular flexibility index (Phi) is 6.64. The maximum Gasteiger partial charge on any atom is 0.251 e. The summed E-state index contributed by atoms with van der Waals surface area (Å²) in [6.07, 6.45) is 0. The van der Waals surface area contributed by atoms with Crippen molar-refractivity contribution in [1.82, 2.24) is 5.32 Å². The maximum atomic E-state index is 12.0. The highest BCUT2D eigenvalue weighted by molar-refractivity contribution is 7.92. The predicted molar refractivity (Wildman–Crippen MR) is 83.1 cm³/mol. The van der Waals surface area contributed by atoms with Crippen LogP contribution >= 0.6 is 0 Å². The van der Waals surface area contributed by atoms with Gasteiger partial charge in [0.25, 0.3) is 5.91 Å². The standard InChI is InChI=1S/C14H22N2O4S/c1-4-16(21(18,19)5-2)13-8-6-12(7-9-13)14(17)15-10-11-20-3/h6-9H,4-5,10-11H2,1-3H3,(H,15,17). The molecule has 21 heavy (non-hydrogen) atoms. The molecule has 1 aromatic carbocycles. The van der Waals surface area contributed by atoms with E-state index in [1.165, 1.54) is 4.31 Å². The third-order valence-corrected chi connectivity index (χ3v) is 4.87. The van der Waals surface area contributed by atoms with E-state index < -0.39 is 10.0 Å². The van der Waals surface area contributed by atoms with Crippen LogP contribution in [0.5, 0.6) is 0 Å². The van der Waals surface area contributed by atoms with Gasteiger partial charge in [0, 0.05) is 25.8 Å². The van der Waals surface area contributed by atoms with Crippen LogP contribution in [-0.4, -0.2) is 46.9 Å². The molecule has 0 aliphatic rings. The van der Waals surface area contributed by atoms with Crippen LogP contribution < -0.4 is 9.62 Å². The van der Waals surface area contributed by atoms with Crippen molar-refractivity contribution in [3.05, 3.63) is 29.8 Å². The number of hydrogen-bond acceptors (Lipinski definition) is 4. The van der Waals surface area contributed by atoms with Crippen LogP contribution in [0.15, 0.2) is 24.3 Å². The summed E-state index contributed by atoms with van der Waals surface area (Å²) in [6, 6.07) is 6.51. The van der Waals surface area contributed by atoms with Crippen molar-refractivity contribution in [3.8, 4) is 0 Å². The highest BCUT2D eigenvalue weighted by Gasteiger charge is 2.18. The van der Waals surface area contributed by atoms with Gasteiger partial charge in [0.2, 0.25) is 10.0 Å². The van der Waals surface area contributed by atoms with E-state index in [4.69, 9.17) is 4.74 Å². The number of nitrogens with zero attached hydrogens (tertiary/aromatic N) is 1. The quantitative estimate of drug-likeness (QED) is 0.733. The van der Waals surface area contributed by atoms with E-state index in [1.807, 2.05) is 0 Å². The van der Waals surface area contributed by atoms with Crippen molar-refractivity contribution in [2.24, 2.45) is 0 Å². The maximum absolute atomic E-state index is 12.0. The summed E-state index contributed by atoms with van der Waals surface area (Å²) in [5, 5.41) is 2.71. The fourth-order valence-corrected chi connectivity index (χ4v) is 2.99. The molecular formula is C14H22N2O4S. The summed E-state index contributed by atoms with van der Waals surface area (Å²) in [5.41, 5.74) is 1.05. The van der Waals surface area contributed by atoms with Crippen molar-refractivity contribution >= 4 is 21.6 Å². The van der Waals surface area contributed by atoms with Gasteiger partial charge in [-0.15, -0.1) is 0 Å². The fraction of sp³-hybridized carbons (Fsp3) is 0.500. The SMILES string of the molecule is CCN(c1ccc(C(=O)NCCOC)cc1)S(=O)(=O)CC. The number of sulfonamides is 1. The van der Waals surface area contributed by atoms with Gasteiger partial charge in [-0.25, -0.2) is 8.42 Å². The zero-order chi connectivity index (χ0) is 15.9. The minimum Gasteiger partial charge on any atom is -0.383 e. The van der Waals surface area contributed by atoms with Crippen molar-refractivity contribution in [2.75, 3.05) is 36.9 Å². The molecule has 0 aliphatic heterocycles. The van der Waals surface area contributed by atoms with Gasteiger partial charge in [0.1, 0.15) is 0 Å². The number of benzene rings is 1. The van der Waals surface area contributed by atoms with E-state index in [0.717, 1.165) is 0 Å². The molecule has 7 heteroatoms. The first-order valence-electron chi connectivity index (χ1n) is 6.83. The fourth-order valence-electron chi connectivity index (χ4n) is 1.84. The average molecular weight is 314 g/mol. The molecule has 0 unspecified atom stereocenters. The second kappa shape index (κ2) is 7.99. The predicted octanol–water partition coefficient (Wildman–Crippen LogP) is 1.24. The third-order valence-electron chi connectivity index (χ3n) is 3.00. The van der Waals surface area contributed by atoms with Gasteiger partial charge < -0.3 is 10.1 Å². The molecular weight excluding hydrogens is 292 g/mol. The number of carbonyl (C=O) groups excluding carboxylic acids is 1. The first-order valence-corrected chi connectivity index (χ1v) is 8.44. The van der Waals surface area contributed by atoms with Crippen molar-refractivity contribution < 1.29 is 17.9 Å². The van der Waals surface area contributed by atoms with Gasteiger partial charge in [-0.3, -0.25) is 9.10 Å². The molecule has 0 aliphatic carbocycles. The van der Waals surface area contributed by atoms with E-state index in [2.05, 4.69) is 5.32 Å². The topological polar surface area (TPSA) is 75.7 Å². The minimum atomic E-state index is -3.30. The van der Waals surface area contributed by atoms with Crippen LogP contribution in [0.2, 0.25) is 0 Å². The van der Waals surface area contributed by atoms with Crippen molar-refractivity contribution in [3.63, 3.8) is 0 Å². The zero-order valence-corrected chi connectivity index (χ0v) is 13.4. The third kappa shape index (κ3) is 4.71. The number of ether oxygens (including phenoxy) is 1. The van der Waals surface area contributed by atoms with Crippen LogP contribution in [-0.2, 0) is 14.8 Å². The van der Waals surface area contributed by atoms with E-state index in [-0.39, 0.29) is 11.7 Å². The molecule has 0 atom stereocenters. The Hall–Kier alpha value is -1.60. The molecule has 6 nitrogen and oxygen atoms in total. The van der Waals surface area contributed by atoms with Crippen LogP contribution in [0.3, 0.4) is 0 Å². The summed E-state index contributed by atoms with van der Waals surface area (Å²) < 4.78 is 30.1. The molecule has 1 rings (SSSR count). The van der Waals surface area contributed by atoms with Crippen molar-refractivity contribution in [2.45, 2.75) is 13.8 Å². The van der Waals surface area contributed by atoms with Gasteiger partial charge >= 0.3 is 0 Å². The lowest BCUT2D eigenvalue weighted by atomic mass is 10.2. The van der Waals surface area contributed by atoms with Gasteiger partial charge in [-0.2, -0.15) is 0 Å². The van der Waals surface area contributed by atoms with Gasteiger partial charge in [0.15, 0.2) is 0 Å². The normalized spacial score (nSPS) is 11.2. The van der Waals surface area contributed by atoms with Gasteiger partial charge in [-0.05, 0) is 38.1 Å². The lowest BCUT2D eigenvalue weighted by Crippen LogP contribution is -2.32. The summed E-state index contributed by atoms with van der Waals surface area (Å²) in [7, 11) is -1.73. The highest BCUT2D eigenvalue weighted by Crippen LogP contribution is 2.19. The van der Waals surface area contributed by atoms with Crippen LogP contribution in [0, 0.1) is 0 Å². The van der Waals surface area contributed by atoms with E-state index in [0.29, 0.717) is 30.9 Å². The largest absolute Gasteiger partial charge is 0.383 e. The van der Waals surface area contributed by atoms with Crippen LogP contribution in [0.1, 0.15) is 24.2 Å². The smallest absolute Gasteiger partial charge is 0.251 e. The molecule has 0 saturated carbocycles. The lowest BCUT2D eigenvalue weighted by molar-refractivity contribution is 0.0937. The second-order valence-electron chi connectivity index (χ2n) is 4.36. The molecule has 1 aromatic rings. The number of nitrogens with one attached hydrogen (secondary N) is 1. The van der Waals surface area contributed by atoms with E-state index in [9.17, 15) is 13.2 Å². The number of rotatable bonds is 8. The first kappa shape index (κ1) is 17.5. The number of anilines is 1. The Labute approximate surface area is 126 Å². The van der Waals surface area contributed by atoms with Gasteiger partial charge in [-0.1, -0.05) is 0 Å². The molecule has 0 saturated heterocycles. The molecule has 0 fully saturated rings. The molecule has 0 bridgehead atoms. The van der Waals surface area contributed by atoms with E-state index >= 15 is 0 Å². The van der Waals surface area contributed by atoms with Crippen LogP contribution in [0.25, 0.3) is 0 Å². The average Bonchev–Trinajstić information content (AvgIpc) is 2.48. The molecule has 118 valence electrons. The molecule has 0 radical (unpaired) electrons. The summed E-state index contributed by atoms with van der Waals surface area (Å²) in [5.74, 6) is -0.167. The number of carbonyl (C=O) groups is 1. The summed E-state index contributed by atoms with van der Waals surface area (Å²) in [4.78, 5) is 11.8. The lowest BCUT2D eigenvalue weighted by Gasteiger charge is -2.22. The van der Waals surface area contributed by atoms with Crippen LogP contribution in [0.4, 0.5) is 5.69 Å². The van der Waals surface area contributed by atoms with E-state index in [1.54, 1.807) is 45.2 Å². The Morgan fingerprint density at radius 3 is 2.33 bits per heavy atom. The Morgan fingerprint density at radius 1 is 1.24 bits per heavy atom. The first-order chi connectivity index (χ1) is 9.96. The summed E-state index contributed by atoms with van der Waals surface area (Å²) >= 11 is 0. The Balaban J connectivity index is 2.84. The molecule has 0 aromatic heterocycles. The Morgan fingerprint density at radius 2 is 1.86 bits per heavy atom. The monoisotopic (exact) mass is 314 g/mol. The summed E-state index contributed by atoms with van der Waals surface area (Å²) in [6.45, 7) is 4.62. The molecule has 1 amide bonds. The minimum absolute atomic E-state index is 0.0418. The number of amides is 1. The van der Waals surface area contributed by atoms with Crippen molar-refractivity contribution in [1.29, 1.82) is 0 Å². The molecule has 1 N–H and O–H groups in total.